The van der Waals surface area contributed by atoms with Gasteiger partial charge in [0.15, 0.2) is 11.6 Å². The van der Waals surface area contributed by atoms with Crippen LogP contribution in [0.2, 0.25) is 0 Å². The Bertz CT molecular complexity index is 1360. The summed E-state index contributed by atoms with van der Waals surface area (Å²) in [6.07, 6.45) is 8.57. The molecule has 3 aromatic carbocycles. The van der Waals surface area contributed by atoms with Crippen LogP contribution in [-0.4, -0.2) is 18.2 Å². The first-order valence-corrected chi connectivity index (χ1v) is 13.5. The van der Waals surface area contributed by atoms with Crippen LogP contribution in [0.5, 0.6) is 11.5 Å². The lowest BCUT2D eigenvalue weighted by molar-refractivity contribution is -0.136. The number of methoxy groups -OCH3 is 1. The van der Waals surface area contributed by atoms with E-state index in [4.69, 9.17) is 14.6 Å². The highest BCUT2D eigenvalue weighted by molar-refractivity contribution is 5.85. The van der Waals surface area contributed by atoms with Crippen LogP contribution < -0.4 is 9.47 Å². The van der Waals surface area contributed by atoms with Crippen molar-refractivity contribution in [3.8, 4) is 22.6 Å². The Morgan fingerprint density at radius 3 is 2.38 bits per heavy atom. The minimum atomic E-state index is -0.982. The molecular formula is C33H36F2O4. The fourth-order valence-electron chi connectivity index (χ4n) is 4.70. The smallest absolute Gasteiger partial charge is 0.303 e. The zero-order valence-corrected chi connectivity index (χ0v) is 22.9. The van der Waals surface area contributed by atoms with Gasteiger partial charge in [-0.05, 0) is 82.8 Å². The molecule has 2 aliphatic rings. The molecule has 3 aromatic rings. The molecule has 0 saturated heterocycles. The summed E-state index contributed by atoms with van der Waals surface area (Å²) in [4.78, 5) is 10.9. The van der Waals surface area contributed by atoms with Crippen LogP contribution in [-0.2, 0) is 17.8 Å². The van der Waals surface area contributed by atoms with E-state index in [0.717, 1.165) is 35.1 Å². The molecule has 0 aliphatic heterocycles. The van der Waals surface area contributed by atoms with Gasteiger partial charge in [-0.2, -0.15) is 0 Å². The van der Waals surface area contributed by atoms with Gasteiger partial charge in [-0.1, -0.05) is 63.5 Å². The van der Waals surface area contributed by atoms with Gasteiger partial charge in [-0.25, -0.2) is 8.78 Å². The van der Waals surface area contributed by atoms with Crippen molar-refractivity contribution >= 4 is 11.5 Å². The van der Waals surface area contributed by atoms with E-state index in [1.807, 2.05) is 18.2 Å². The van der Waals surface area contributed by atoms with Gasteiger partial charge in [0.25, 0.3) is 0 Å². The van der Waals surface area contributed by atoms with Crippen LogP contribution >= 0.6 is 0 Å². The van der Waals surface area contributed by atoms with Crippen molar-refractivity contribution in [2.45, 2.75) is 65.4 Å². The van der Waals surface area contributed by atoms with Gasteiger partial charge < -0.3 is 14.6 Å². The van der Waals surface area contributed by atoms with Crippen molar-refractivity contribution in [2.24, 2.45) is 5.41 Å². The molecule has 0 atom stereocenters. The van der Waals surface area contributed by atoms with E-state index in [9.17, 15) is 13.6 Å². The maximum absolute atomic E-state index is 14.9. The van der Waals surface area contributed by atoms with Crippen molar-refractivity contribution in [1.29, 1.82) is 0 Å². The minimum Gasteiger partial charge on any atom is -0.497 e. The molecule has 1 fully saturated rings. The minimum absolute atomic E-state index is 0.0720. The summed E-state index contributed by atoms with van der Waals surface area (Å²) in [5, 5.41) is 8.90. The van der Waals surface area contributed by atoms with E-state index in [1.165, 1.54) is 31.4 Å². The molecule has 2 aliphatic carbocycles. The molecule has 0 heterocycles. The highest BCUT2D eigenvalue weighted by atomic mass is 19.1. The van der Waals surface area contributed by atoms with Gasteiger partial charge in [0.2, 0.25) is 0 Å². The van der Waals surface area contributed by atoms with Crippen LogP contribution in [0.3, 0.4) is 0 Å². The number of carboxylic acid groups (broad SMARTS) is 1. The van der Waals surface area contributed by atoms with Crippen molar-refractivity contribution in [3.63, 3.8) is 0 Å². The number of aliphatic carboxylic acids is 1. The molecule has 6 heteroatoms. The van der Waals surface area contributed by atoms with Crippen molar-refractivity contribution in [3.05, 3.63) is 89.0 Å². The zero-order valence-electron chi connectivity index (χ0n) is 22.9. The standard InChI is InChI=1S/C30H30F2O4.C3H6/c1-30(2)15-5-7-25(30)23-16-19(9-12-22(23)24-17-21(35-3)11-13-26(24)31)18-36-27-8-4-6-20(29(27)32)10-14-28(33)34;1-2-3-1/h4,6-9,11-13,16-17H,5,10,14-15,18H2,1-3H3,(H,33,34);1-3H2. The van der Waals surface area contributed by atoms with E-state index < -0.39 is 11.8 Å². The zero-order chi connectivity index (χ0) is 28.0. The normalized spacial score (nSPS) is 15.2. The van der Waals surface area contributed by atoms with Crippen LogP contribution in [0.4, 0.5) is 8.78 Å². The van der Waals surface area contributed by atoms with Gasteiger partial charge in [0.1, 0.15) is 18.2 Å². The number of hydrogen-bond donors (Lipinski definition) is 1. The molecule has 0 unspecified atom stereocenters. The summed E-state index contributed by atoms with van der Waals surface area (Å²) in [6.45, 7) is 4.47. The van der Waals surface area contributed by atoms with E-state index in [2.05, 4.69) is 19.9 Å². The number of benzene rings is 3. The second-order valence-electron chi connectivity index (χ2n) is 10.7. The molecule has 0 amide bonds. The Hall–Kier alpha value is -3.67. The molecule has 0 bridgehead atoms. The fraction of sp³-hybridized carbons (Fsp3) is 0.364. The predicted molar refractivity (Wildman–Crippen MR) is 150 cm³/mol. The number of rotatable bonds is 9. The second kappa shape index (κ2) is 12.5. The van der Waals surface area contributed by atoms with E-state index >= 15 is 0 Å². The van der Waals surface area contributed by atoms with Crippen molar-refractivity contribution < 1.29 is 28.2 Å². The maximum Gasteiger partial charge on any atom is 0.303 e. The monoisotopic (exact) mass is 534 g/mol. The lowest BCUT2D eigenvalue weighted by atomic mass is 9.79. The molecule has 0 radical (unpaired) electrons. The van der Waals surface area contributed by atoms with E-state index in [0.29, 0.717) is 16.9 Å². The number of carbonyl (C=O) groups is 1. The van der Waals surface area contributed by atoms with Gasteiger partial charge in [-0.3, -0.25) is 4.79 Å². The summed E-state index contributed by atoms with van der Waals surface area (Å²) < 4.78 is 41.0. The van der Waals surface area contributed by atoms with Crippen LogP contribution in [0, 0.1) is 17.0 Å². The first-order valence-electron chi connectivity index (χ1n) is 13.5. The summed E-state index contributed by atoms with van der Waals surface area (Å²) in [7, 11) is 1.55. The molecule has 1 saturated carbocycles. The van der Waals surface area contributed by atoms with Crippen LogP contribution in [0.25, 0.3) is 16.7 Å². The first kappa shape index (κ1) is 28.3. The number of allylic oxidation sites excluding steroid dienone is 2. The molecule has 206 valence electrons. The highest BCUT2D eigenvalue weighted by Gasteiger charge is 2.30. The van der Waals surface area contributed by atoms with Gasteiger partial charge in [0, 0.05) is 12.0 Å². The Morgan fingerprint density at radius 1 is 0.974 bits per heavy atom. The highest BCUT2D eigenvalue weighted by Crippen LogP contribution is 2.47. The molecule has 1 N–H and O–H groups in total. The summed E-state index contributed by atoms with van der Waals surface area (Å²) >= 11 is 0. The summed E-state index contributed by atoms with van der Waals surface area (Å²) in [5.41, 5.74) is 4.32. The third-order valence-electron chi connectivity index (χ3n) is 7.08. The molecule has 5 rings (SSSR count). The number of carboxylic acids is 1. The lowest BCUT2D eigenvalue weighted by Crippen LogP contribution is -2.10. The second-order valence-corrected chi connectivity index (χ2v) is 10.7. The number of aryl methyl sites for hydroxylation is 1. The molecule has 0 spiro atoms. The third kappa shape index (κ3) is 7.25. The fourth-order valence-corrected chi connectivity index (χ4v) is 4.70. The summed E-state index contributed by atoms with van der Waals surface area (Å²) in [6, 6.07) is 15.2. The van der Waals surface area contributed by atoms with Gasteiger partial charge in [-0.15, -0.1) is 0 Å². The van der Waals surface area contributed by atoms with Crippen molar-refractivity contribution in [2.75, 3.05) is 7.11 Å². The van der Waals surface area contributed by atoms with E-state index in [1.54, 1.807) is 31.4 Å². The Morgan fingerprint density at radius 2 is 1.74 bits per heavy atom. The van der Waals surface area contributed by atoms with Gasteiger partial charge >= 0.3 is 5.97 Å². The predicted octanol–water partition coefficient (Wildman–Crippen LogP) is 8.61. The van der Waals surface area contributed by atoms with E-state index in [-0.39, 0.29) is 36.4 Å². The molecule has 39 heavy (non-hydrogen) atoms. The SMILES string of the molecule is C1CC1.COc1ccc(F)c(-c2ccc(COc3cccc(CCC(=O)O)c3F)cc2C2=CCCC2(C)C)c1. The largest absolute Gasteiger partial charge is 0.497 e. The first-order chi connectivity index (χ1) is 18.7. The van der Waals surface area contributed by atoms with Crippen LogP contribution in [0.15, 0.2) is 60.7 Å². The molecule has 0 aromatic heterocycles. The van der Waals surface area contributed by atoms with Crippen molar-refractivity contribution in [1.82, 2.24) is 0 Å². The average molecular weight is 535 g/mol. The van der Waals surface area contributed by atoms with Crippen LogP contribution in [0.1, 0.15) is 69.1 Å². The number of ether oxygens (including phenoxy) is 2. The third-order valence-corrected chi connectivity index (χ3v) is 7.08. The molecular weight excluding hydrogens is 498 g/mol. The number of hydrogen-bond acceptors (Lipinski definition) is 3. The van der Waals surface area contributed by atoms with Gasteiger partial charge in [0.05, 0.1) is 7.11 Å². The Kier molecular flexibility index (Phi) is 9.05. The Labute approximate surface area is 229 Å². The Balaban J connectivity index is 0.00000110. The number of halogens is 2. The topological polar surface area (TPSA) is 55.8 Å². The lowest BCUT2D eigenvalue weighted by Gasteiger charge is -2.25. The quantitative estimate of drug-likeness (QED) is 0.299. The molecule has 4 nitrogen and oxygen atoms in total. The maximum atomic E-state index is 14.9. The average Bonchev–Trinajstić information content (AvgIpc) is 3.76. The summed E-state index contributed by atoms with van der Waals surface area (Å²) in [5.74, 6) is -1.22.